The van der Waals surface area contributed by atoms with Crippen LogP contribution >= 0.6 is 11.3 Å². The van der Waals surface area contributed by atoms with Gasteiger partial charge in [-0.1, -0.05) is 13.8 Å². The molecule has 2 heterocycles. The Morgan fingerprint density at radius 2 is 1.96 bits per heavy atom. The molecule has 4 rings (SSSR count). The first kappa shape index (κ1) is 18.6. The van der Waals surface area contributed by atoms with Gasteiger partial charge in [0.1, 0.15) is 5.01 Å². The maximum absolute atomic E-state index is 14.0. The Balaban J connectivity index is 1.74. The van der Waals surface area contributed by atoms with E-state index in [1.54, 1.807) is 17.5 Å². The molecule has 0 spiro atoms. The molecule has 7 heteroatoms. The van der Waals surface area contributed by atoms with Gasteiger partial charge < -0.3 is 9.72 Å². The van der Waals surface area contributed by atoms with E-state index in [2.05, 4.69) is 9.97 Å². The van der Waals surface area contributed by atoms with E-state index in [1.165, 1.54) is 30.6 Å². The van der Waals surface area contributed by atoms with Gasteiger partial charge in [-0.3, -0.25) is 9.59 Å². The predicted octanol–water partition coefficient (Wildman–Crippen LogP) is 4.47. The second-order valence-corrected chi connectivity index (χ2v) is 8.59. The van der Waals surface area contributed by atoms with Crippen LogP contribution in [0.1, 0.15) is 36.3 Å². The number of aromatic nitrogens is 2. The zero-order chi connectivity index (χ0) is 20.1. The van der Waals surface area contributed by atoms with Gasteiger partial charge in [0, 0.05) is 28.6 Å². The molecule has 0 atom stereocenters. The first-order valence-electron chi connectivity index (χ1n) is 8.86. The summed E-state index contributed by atoms with van der Waals surface area (Å²) in [6.45, 7) is 4.03. The van der Waals surface area contributed by atoms with Gasteiger partial charge in [0.05, 0.1) is 18.4 Å². The number of nitrogens with one attached hydrogen (secondary N) is 1. The van der Waals surface area contributed by atoms with Crippen LogP contribution in [0.2, 0.25) is 0 Å². The normalized spacial score (nSPS) is 15.4. The monoisotopic (exact) mass is 398 g/mol. The summed E-state index contributed by atoms with van der Waals surface area (Å²) >= 11 is 1.28. The van der Waals surface area contributed by atoms with Gasteiger partial charge in [0.15, 0.2) is 17.3 Å². The first-order chi connectivity index (χ1) is 13.3. The van der Waals surface area contributed by atoms with Gasteiger partial charge in [-0.2, -0.15) is 0 Å². The smallest absolute Gasteiger partial charge is 0.258 e. The van der Waals surface area contributed by atoms with E-state index in [1.807, 2.05) is 13.8 Å². The van der Waals surface area contributed by atoms with E-state index in [0.717, 1.165) is 0 Å². The quantitative estimate of drug-likeness (QED) is 0.707. The molecular weight excluding hydrogens is 379 g/mol. The second-order valence-electron chi connectivity index (χ2n) is 7.73. The summed E-state index contributed by atoms with van der Waals surface area (Å²) in [5, 5.41) is 2.26. The Morgan fingerprint density at radius 3 is 2.68 bits per heavy atom. The molecule has 2 aromatic heterocycles. The molecule has 0 saturated carbocycles. The lowest BCUT2D eigenvalue weighted by atomic mass is 9.75. The van der Waals surface area contributed by atoms with Gasteiger partial charge >= 0.3 is 0 Å². The van der Waals surface area contributed by atoms with E-state index in [-0.39, 0.29) is 22.5 Å². The van der Waals surface area contributed by atoms with E-state index < -0.39 is 5.82 Å². The number of hydrogen-bond acceptors (Lipinski definition) is 5. The van der Waals surface area contributed by atoms with Crippen molar-refractivity contribution >= 4 is 17.1 Å². The van der Waals surface area contributed by atoms with Gasteiger partial charge in [0.25, 0.3) is 5.56 Å². The minimum absolute atomic E-state index is 0.0257. The van der Waals surface area contributed by atoms with Crippen molar-refractivity contribution in [1.29, 1.82) is 0 Å². The molecule has 1 aliphatic carbocycles. The average Bonchev–Trinajstić information content (AvgIpc) is 3.10. The molecule has 144 valence electrons. The Labute approximate surface area is 165 Å². The van der Waals surface area contributed by atoms with Crippen LogP contribution in [0.25, 0.3) is 21.8 Å². The molecular formula is C21H19FN2O3S. The summed E-state index contributed by atoms with van der Waals surface area (Å²) in [6.07, 6.45) is 1.09. The fourth-order valence-electron chi connectivity index (χ4n) is 3.54. The molecule has 1 aliphatic rings. The van der Waals surface area contributed by atoms with Crippen molar-refractivity contribution < 1.29 is 13.9 Å². The molecule has 1 N–H and O–H groups in total. The lowest BCUT2D eigenvalue weighted by molar-refractivity contribution is 0.0910. The van der Waals surface area contributed by atoms with E-state index in [9.17, 15) is 14.0 Å². The zero-order valence-electron chi connectivity index (χ0n) is 15.8. The number of Topliss-reactive ketones (excluding diaryl/α,β-unsaturated/α-hetero) is 1. The van der Waals surface area contributed by atoms with E-state index in [0.29, 0.717) is 45.9 Å². The Morgan fingerprint density at radius 1 is 1.18 bits per heavy atom. The average molecular weight is 398 g/mol. The van der Waals surface area contributed by atoms with Crippen molar-refractivity contribution in [2.24, 2.45) is 5.41 Å². The maximum Gasteiger partial charge on any atom is 0.258 e. The number of ether oxygens (including phenoxy) is 1. The standard InChI is InChI=1S/C21H19FN2O3S/c1-21(2)8-15-12(17(25)9-21)7-13(19(26)23-15)20-24-16(10-28-20)11-4-5-18(27-3)14(22)6-11/h4-7,10H,8-9H2,1-3H3,(H,23,26). The maximum atomic E-state index is 14.0. The summed E-state index contributed by atoms with van der Waals surface area (Å²) in [6, 6.07) is 6.24. The highest BCUT2D eigenvalue weighted by Gasteiger charge is 2.32. The summed E-state index contributed by atoms with van der Waals surface area (Å²) in [4.78, 5) is 32.5. The number of hydrogen-bond donors (Lipinski definition) is 1. The molecule has 5 nitrogen and oxygen atoms in total. The van der Waals surface area contributed by atoms with Crippen molar-refractivity contribution in [2.75, 3.05) is 7.11 Å². The number of carbonyl (C=O) groups is 1. The number of fused-ring (bicyclic) bond motifs is 1. The number of pyridine rings is 1. The number of thiazole rings is 1. The number of rotatable bonds is 3. The van der Waals surface area contributed by atoms with Crippen molar-refractivity contribution in [2.45, 2.75) is 26.7 Å². The minimum atomic E-state index is -0.477. The highest BCUT2D eigenvalue weighted by atomic mass is 32.1. The number of carbonyl (C=O) groups excluding carboxylic acids is 1. The molecule has 3 aromatic rings. The zero-order valence-corrected chi connectivity index (χ0v) is 16.6. The minimum Gasteiger partial charge on any atom is -0.494 e. The predicted molar refractivity (Wildman–Crippen MR) is 107 cm³/mol. The topological polar surface area (TPSA) is 72.1 Å². The second kappa shape index (κ2) is 6.67. The molecule has 0 radical (unpaired) electrons. The van der Waals surface area contributed by atoms with Gasteiger partial charge in [-0.25, -0.2) is 9.37 Å². The summed E-state index contributed by atoms with van der Waals surface area (Å²) < 4.78 is 18.9. The highest BCUT2D eigenvalue weighted by molar-refractivity contribution is 7.13. The van der Waals surface area contributed by atoms with Crippen molar-refractivity contribution in [3.8, 4) is 27.6 Å². The van der Waals surface area contributed by atoms with Crippen LogP contribution in [-0.4, -0.2) is 22.9 Å². The molecule has 0 aliphatic heterocycles. The molecule has 0 bridgehead atoms. The van der Waals surface area contributed by atoms with Crippen LogP contribution in [0, 0.1) is 11.2 Å². The number of halogens is 1. The summed E-state index contributed by atoms with van der Waals surface area (Å²) in [5.74, 6) is -0.293. The number of benzene rings is 1. The Kier molecular flexibility index (Phi) is 4.42. The third-order valence-corrected chi connectivity index (χ3v) is 5.78. The number of H-pyrrole nitrogens is 1. The van der Waals surface area contributed by atoms with Crippen LogP contribution in [0.3, 0.4) is 0 Å². The lowest BCUT2D eigenvalue weighted by Gasteiger charge is -2.29. The van der Waals surface area contributed by atoms with Crippen molar-refractivity contribution in [1.82, 2.24) is 9.97 Å². The Hall–Kier alpha value is -2.80. The number of ketones is 1. The van der Waals surface area contributed by atoms with Crippen LogP contribution in [-0.2, 0) is 6.42 Å². The van der Waals surface area contributed by atoms with Crippen LogP contribution in [0.5, 0.6) is 5.75 Å². The molecule has 0 amide bonds. The number of aromatic amines is 1. The molecule has 0 fully saturated rings. The molecule has 1 aromatic carbocycles. The van der Waals surface area contributed by atoms with Crippen molar-refractivity contribution in [3.05, 3.63) is 57.1 Å². The summed E-state index contributed by atoms with van der Waals surface area (Å²) in [7, 11) is 1.41. The largest absolute Gasteiger partial charge is 0.494 e. The van der Waals surface area contributed by atoms with Gasteiger partial charge in [-0.05, 0) is 36.1 Å². The van der Waals surface area contributed by atoms with Crippen LogP contribution < -0.4 is 10.3 Å². The first-order valence-corrected chi connectivity index (χ1v) is 9.74. The third kappa shape index (κ3) is 3.26. The third-order valence-electron chi connectivity index (χ3n) is 4.90. The summed E-state index contributed by atoms with van der Waals surface area (Å²) in [5.41, 5.74) is 2.31. The van der Waals surface area contributed by atoms with Gasteiger partial charge in [-0.15, -0.1) is 11.3 Å². The SMILES string of the molecule is COc1ccc(-c2csc(-c3cc4c([nH]c3=O)CC(C)(C)CC4=O)n2)cc1F. The van der Waals surface area contributed by atoms with E-state index >= 15 is 0 Å². The fourth-order valence-corrected chi connectivity index (χ4v) is 4.38. The van der Waals surface area contributed by atoms with Gasteiger partial charge in [0.2, 0.25) is 0 Å². The van der Waals surface area contributed by atoms with Crippen LogP contribution in [0.15, 0.2) is 34.4 Å². The number of nitrogens with zero attached hydrogens (tertiary/aromatic N) is 1. The van der Waals surface area contributed by atoms with E-state index in [4.69, 9.17) is 4.74 Å². The molecule has 0 unspecified atom stereocenters. The lowest BCUT2D eigenvalue weighted by Crippen LogP contribution is -2.30. The van der Waals surface area contributed by atoms with Crippen LogP contribution in [0.4, 0.5) is 4.39 Å². The molecule has 28 heavy (non-hydrogen) atoms. The Bertz CT molecular complexity index is 1150. The highest BCUT2D eigenvalue weighted by Crippen LogP contribution is 2.35. The number of methoxy groups -OCH3 is 1. The molecule has 0 saturated heterocycles. The van der Waals surface area contributed by atoms with Crippen molar-refractivity contribution in [3.63, 3.8) is 0 Å². The fraction of sp³-hybridized carbons (Fsp3) is 0.286.